The van der Waals surface area contributed by atoms with Gasteiger partial charge in [0.05, 0.1) is 33.2 Å². The smallest absolute Gasteiger partial charge is 0.247 e. The quantitative estimate of drug-likeness (QED) is 0.145. The van der Waals surface area contributed by atoms with E-state index < -0.39 is 5.41 Å². The number of hydrogen-bond donors (Lipinski definition) is 0. The van der Waals surface area contributed by atoms with Crippen LogP contribution in [-0.4, -0.2) is 15.8 Å². The van der Waals surface area contributed by atoms with Crippen LogP contribution in [0.1, 0.15) is 48.6 Å². The van der Waals surface area contributed by atoms with E-state index in [1.54, 1.807) is 0 Å². The monoisotopic (exact) mass is 1030 g/mol. The minimum absolute atomic E-state index is 0.144. The number of hydrogen-bond acceptors (Lipinski definition) is 1. The van der Waals surface area contributed by atoms with Gasteiger partial charge in [-0.2, -0.15) is 0 Å². The Hall–Kier alpha value is -9.90. The van der Waals surface area contributed by atoms with Crippen molar-refractivity contribution in [3.05, 3.63) is 313 Å². The standard InChI is InChI=1S/C77H56BN3/c1-76(2,3)55-47-65-74-73(48-55)81(75-58(51-25-8-4-9-26-51)37-24-38-59(75)52-27-10-5-11-28-52)72-50-57(80-70-41-22-18-35-62(70)63-36-19-23-42-71(63)80)44-46-67(72)78(74)66-45-43-56(79-68-39-20-16-33-60(68)61-34-17-21-40-69(61)79)49-64(66)77(65,53-29-12-6-13-30-53)54-31-14-7-15-32-54/h4-50H,1-3H3. The summed E-state index contributed by atoms with van der Waals surface area (Å²) in [7, 11) is 0. The highest BCUT2D eigenvalue weighted by atomic mass is 15.2. The van der Waals surface area contributed by atoms with Gasteiger partial charge in [0, 0.05) is 55.4 Å². The maximum absolute atomic E-state index is 2.69. The minimum atomic E-state index is -0.762. The van der Waals surface area contributed by atoms with Crippen molar-refractivity contribution in [2.24, 2.45) is 0 Å². The second kappa shape index (κ2) is 18.1. The molecule has 16 rings (SSSR count). The number of rotatable bonds is 7. The molecule has 0 unspecified atom stereocenters. The average Bonchev–Trinajstić information content (AvgIpc) is 3.93. The van der Waals surface area contributed by atoms with Crippen molar-refractivity contribution in [1.29, 1.82) is 0 Å². The van der Waals surface area contributed by atoms with Gasteiger partial charge in [0.15, 0.2) is 0 Å². The van der Waals surface area contributed by atoms with E-state index >= 15 is 0 Å². The summed E-state index contributed by atoms with van der Waals surface area (Å²) < 4.78 is 4.98. The second-order valence-electron chi connectivity index (χ2n) is 23.1. The lowest BCUT2D eigenvalue weighted by Crippen LogP contribution is -2.65. The van der Waals surface area contributed by atoms with E-state index in [9.17, 15) is 0 Å². The molecule has 12 aromatic carbocycles. The van der Waals surface area contributed by atoms with E-state index in [4.69, 9.17) is 0 Å². The zero-order valence-electron chi connectivity index (χ0n) is 45.6. The van der Waals surface area contributed by atoms with Crippen LogP contribution in [0.4, 0.5) is 17.1 Å². The van der Waals surface area contributed by atoms with Gasteiger partial charge in [-0.1, -0.05) is 257 Å². The van der Waals surface area contributed by atoms with Gasteiger partial charge >= 0.3 is 0 Å². The third kappa shape index (κ3) is 6.96. The molecule has 4 heteroatoms. The molecule has 14 aromatic rings. The van der Waals surface area contributed by atoms with E-state index in [-0.39, 0.29) is 12.1 Å². The van der Waals surface area contributed by atoms with Crippen molar-refractivity contribution >= 4 is 83.8 Å². The number of fused-ring (bicyclic) bond motifs is 10. The molecule has 0 amide bonds. The molecule has 0 radical (unpaired) electrons. The Bertz CT molecular complexity index is 4590. The largest absolute Gasteiger partial charge is 0.310 e. The summed E-state index contributed by atoms with van der Waals surface area (Å²) in [5.41, 5.74) is 24.4. The Balaban J connectivity index is 1.10. The SMILES string of the molecule is CC(C)(C)c1cc2c3c(c1)C(c1ccccc1)(c1ccccc1)c1cc(-n4c5ccccc5c5ccccc54)ccc1B3c1ccc(-n3c4ccccc4c4ccccc43)cc1N2c1c(-c2ccccc2)cccc1-c1ccccc1. The molecule has 2 aliphatic rings. The lowest BCUT2D eigenvalue weighted by Gasteiger charge is -2.49. The highest BCUT2D eigenvalue weighted by Crippen LogP contribution is 2.54. The van der Waals surface area contributed by atoms with Crippen LogP contribution in [0.2, 0.25) is 0 Å². The van der Waals surface area contributed by atoms with Crippen LogP contribution < -0.4 is 21.3 Å². The van der Waals surface area contributed by atoms with Crippen molar-refractivity contribution in [2.45, 2.75) is 31.6 Å². The third-order valence-electron chi connectivity index (χ3n) is 17.8. The topological polar surface area (TPSA) is 13.1 Å². The summed E-state index contributed by atoms with van der Waals surface area (Å²) >= 11 is 0. The fourth-order valence-corrected chi connectivity index (χ4v) is 14.3. The van der Waals surface area contributed by atoms with Crippen molar-refractivity contribution in [3.8, 4) is 33.6 Å². The predicted molar refractivity (Wildman–Crippen MR) is 342 cm³/mol. The molecule has 382 valence electrons. The lowest BCUT2D eigenvalue weighted by atomic mass is 9.29. The van der Waals surface area contributed by atoms with Gasteiger partial charge in [-0.15, -0.1) is 0 Å². The number of nitrogens with zero attached hydrogens (tertiary/aromatic N) is 3. The molecule has 3 nitrogen and oxygen atoms in total. The Morgan fingerprint density at radius 3 is 1.23 bits per heavy atom. The fourth-order valence-electron chi connectivity index (χ4n) is 14.3. The van der Waals surface area contributed by atoms with Gasteiger partial charge in [-0.3, -0.25) is 0 Å². The first kappa shape index (κ1) is 47.1. The summed E-state index contributed by atoms with van der Waals surface area (Å²) in [6.45, 7) is 7.02. The summed E-state index contributed by atoms with van der Waals surface area (Å²) in [5, 5.41) is 4.98. The van der Waals surface area contributed by atoms with Crippen LogP contribution in [0, 0.1) is 0 Å². The molecule has 0 bridgehead atoms. The number of aromatic nitrogens is 2. The first-order chi connectivity index (χ1) is 39.9. The maximum atomic E-state index is 2.69. The highest BCUT2D eigenvalue weighted by Gasteiger charge is 2.52. The number of para-hydroxylation sites is 5. The van der Waals surface area contributed by atoms with Gasteiger partial charge in [0.25, 0.3) is 0 Å². The molecule has 2 aromatic heterocycles. The van der Waals surface area contributed by atoms with E-state index in [2.05, 4.69) is 320 Å². The molecular formula is C77H56BN3. The number of anilines is 3. The van der Waals surface area contributed by atoms with Gasteiger partial charge in [0.1, 0.15) is 0 Å². The Labute approximate surface area is 473 Å². The fraction of sp³-hybridized carbons (Fsp3) is 0.0649. The van der Waals surface area contributed by atoms with Crippen LogP contribution in [0.15, 0.2) is 285 Å². The second-order valence-corrected chi connectivity index (χ2v) is 23.1. The van der Waals surface area contributed by atoms with E-state index in [0.717, 1.165) is 22.7 Å². The molecule has 0 aliphatic carbocycles. The van der Waals surface area contributed by atoms with Gasteiger partial charge in [0.2, 0.25) is 6.71 Å². The van der Waals surface area contributed by atoms with E-state index in [1.165, 1.54) is 116 Å². The van der Waals surface area contributed by atoms with Crippen molar-refractivity contribution < 1.29 is 0 Å². The van der Waals surface area contributed by atoms with E-state index in [1.807, 2.05) is 0 Å². The zero-order valence-corrected chi connectivity index (χ0v) is 45.6. The summed E-state index contributed by atoms with van der Waals surface area (Å²) in [6, 6.07) is 107. The average molecular weight is 1030 g/mol. The van der Waals surface area contributed by atoms with Gasteiger partial charge in [-0.05, 0) is 110 Å². The molecule has 0 saturated heterocycles. The first-order valence-electron chi connectivity index (χ1n) is 28.5. The zero-order chi connectivity index (χ0) is 54.0. The maximum Gasteiger partial charge on any atom is 0.247 e. The molecule has 0 saturated carbocycles. The molecule has 4 heterocycles. The minimum Gasteiger partial charge on any atom is -0.310 e. The van der Waals surface area contributed by atoms with E-state index in [0.29, 0.717) is 0 Å². The van der Waals surface area contributed by atoms with Crippen LogP contribution >= 0.6 is 0 Å². The van der Waals surface area contributed by atoms with Crippen LogP contribution in [0.25, 0.3) is 77.2 Å². The Morgan fingerprint density at radius 1 is 0.346 bits per heavy atom. The Kier molecular flexibility index (Phi) is 10.5. The molecule has 0 atom stereocenters. The van der Waals surface area contributed by atoms with Crippen molar-refractivity contribution in [3.63, 3.8) is 0 Å². The normalized spacial score (nSPS) is 13.4. The molecule has 0 spiro atoms. The lowest BCUT2D eigenvalue weighted by molar-refractivity contribution is 0.587. The van der Waals surface area contributed by atoms with Gasteiger partial charge < -0.3 is 14.0 Å². The first-order valence-corrected chi connectivity index (χ1v) is 28.5. The Morgan fingerprint density at radius 2 is 0.765 bits per heavy atom. The summed E-state index contributed by atoms with van der Waals surface area (Å²) in [4.78, 5) is 2.69. The summed E-state index contributed by atoms with van der Waals surface area (Å²) in [6.07, 6.45) is 0. The molecule has 2 aliphatic heterocycles. The van der Waals surface area contributed by atoms with Crippen LogP contribution in [0.3, 0.4) is 0 Å². The number of benzene rings is 12. The van der Waals surface area contributed by atoms with Crippen molar-refractivity contribution in [2.75, 3.05) is 4.90 Å². The molecule has 0 fully saturated rings. The van der Waals surface area contributed by atoms with Crippen LogP contribution in [-0.2, 0) is 10.8 Å². The van der Waals surface area contributed by atoms with Crippen LogP contribution in [0.5, 0.6) is 0 Å². The summed E-state index contributed by atoms with van der Waals surface area (Å²) in [5.74, 6) is 0. The molecule has 81 heavy (non-hydrogen) atoms. The third-order valence-corrected chi connectivity index (χ3v) is 17.8. The predicted octanol–water partition coefficient (Wildman–Crippen LogP) is 17.5. The van der Waals surface area contributed by atoms with Crippen molar-refractivity contribution in [1.82, 2.24) is 9.13 Å². The van der Waals surface area contributed by atoms with Gasteiger partial charge in [-0.25, -0.2) is 0 Å². The molecule has 0 N–H and O–H groups in total. The molecular weight excluding hydrogens is 978 g/mol. The highest BCUT2D eigenvalue weighted by molar-refractivity contribution is 6.99.